The first kappa shape index (κ1) is 15.4. The summed E-state index contributed by atoms with van der Waals surface area (Å²) in [6.07, 6.45) is 5.01. The van der Waals surface area contributed by atoms with Crippen molar-refractivity contribution in [1.82, 2.24) is 9.71 Å². The Morgan fingerprint density at radius 2 is 2.15 bits per heavy atom. The van der Waals surface area contributed by atoms with Crippen molar-refractivity contribution in [1.29, 1.82) is 0 Å². The lowest BCUT2D eigenvalue weighted by Crippen LogP contribution is -2.26. The van der Waals surface area contributed by atoms with Gasteiger partial charge in [0.15, 0.2) is 0 Å². The van der Waals surface area contributed by atoms with Gasteiger partial charge < -0.3 is 0 Å². The van der Waals surface area contributed by atoms with Gasteiger partial charge in [-0.2, -0.15) is 0 Å². The average molecular weight is 357 g/mol. The van der Waals surface area contributed by atoms with Gasteiger partial charge in [-0.1, -0.05) is 35.0 Å². The second-order valence-corrected chi connectivity index (χ2v) is 7.58. The number of benzene rings is 1. The molecular formula is C14H17BrN2O2S. The van der Waals surface area contributed by atoms with Crippen LogP contribution in [0.1, 0.15) is 19.8 Å². The molecule has 6 heteroatoms. The summed E-state index contributed by atoms with van der Waals surface area (Å²) in [5.41, 5.74) is 0. The maximum Gasteiger partial charge on any atom is 0.241 e. The summed E-state index contributed by atoms with van der Waals surface area (Å²) in [7, 11) is -3.49. The third-order valence-electron chi connectivity index (χ3n) is 3.12. The van der Waals surface area contributed by atoms with E-state index >= 15 is 0 Å². The van der Waals surface area contributed by atoms with Gasteiger partial charge in [0.1, 0.15) is 0 Å². The Labute approximate surface area is 127 Å². The largest absolute Gasteiger partial charge is 0.264 e. The van der Waals surface area contributed by atoms with Crippen molar-refractivity contribution < 1.29 is 8.42 Å². The molecule has 0 saturated heterocycles. The summed E-state index contributed by atoms with van der Waals surface area (Å²) in [4.78, 5) is 4.65. The zero-order valence-corrected chi connectivity index (χ0v) is 13.6. The Morgan fingerprint density at radius 3 is 2.90 bits per heavy atom. The first-order valence-electron chi connectivity index (χ1n) is 6.51. The van der Waals surface area contributed by atoms with Crippen LogP contribution in [0.3, 0.4) is 0 Å². The number of rotatable bonds is 6. The third kappa shape index (κ3) is 3.56. The van der Waals surface area contributed by atoms with E-state index in [0.717, 1.165) is 18.2 Å². The molecule has 1 aromatic carbocycles. The van der Waals surface area contributed by atoms with E-state index in [1.165, 1.54) is 0 Å². The van der Waals surface area contributed by atoms with Crippen molar-refractivity contribution >= 4 is 36.7 Å². The lowest BCUT2D eigenvalue weighted by Gasteiger charge is -2.11. The van der Waals surface area contributed by atoms with Gasteiger partial charge in [0, 0.05) is 34.5 Å². The zero-order chi connectivity index (χ0) is 14.6. The molecule has 2 rings (SSSR count). The fraction of sp³-hybridized carbons (Fsp3) is 0.357. The minimum atomic E-state index is -3.49. The van der Waals surface area contributed by atoms with Crippen molar-refractivity contribution in [3.8, 4) is 0 Å². The Morgan fingerprint density at radius 1 is 1.35 bits per heavy atom. The summed E-state index contributed by atoms with van der Waals surface area (Å²) in [5, 5.41) is 1.52. The molecule has 0 aliphatic carbocycles. The number of hydrogen-bond donors (Lipinski definition) is 1. The van der Waals surface area contributed by atoms with Gasteiger partial charge in [-0.15, -0.1) is 0 Å². The summed E-state index contributed by atoms with van der Waals surface area (Å²) in [6.45, 7) is 2.49. The smallest absolute Gasteiger partial charge is 0.241 e. The van der Waals surface area contributed by atoms with Gasteiger partial charge in [0.25, 0.3) is 0 Å². The second-order valence-electron chi connectivity index (χ2n) is 4.54. The molecule has 0 bridgehead atoms. The molecule has 1 aromatic heterocycles. The molecule has 0 aliphatic rings. The van der Waals surface area contributed by atoms with Crippen LogP contribution in [0.15, 0.2) is 41.6 Å². The molecule has 20 heavy (non-hydrogen) atoms. The molecule has 0 radical (unpaired) electrons. The van der Waals surface area contributed by atoms with E-state index in [1.807, 2.05) is 6.07 Å². The fourth-order valence-corrected chi connectivity index (χ4v) is 3.46. The van der Waals surface area contributed by atoms with Crippen LogP contribution in [0.4, 0.5) is 0 Å². The molecule has 4 nitrogen and oxygen atoms in total. The predicted octanol–water partition coefficient (Wildman–Crippen LogP) is 3.08. The molecular weight excluding hydrogens is 340 g/mol. The lowest BCUT2D eigenvalue weighted by atomic mass is 10.2. The maximum atomic E-state index is 12.4. The molecule has 1 unspecified atom stereocenters. The summed E-state index contributed by atoms with van der Waals surface area (Å²) in [6, 6.07) is 6.93. The van der Waals surface area contributed by atoms with E-state index in [2.05, 4.69) is 32.6 Å². The Bertz CT molecular complexity index is 683. The molecule has 2 aromatic rings. The van der Waals surface area contributed by atoms with Crippen LogP contribution in [0.25, 0.3) is 10.8 Å². The molecule has 108 valence electrons. The monoisotopic (exact) mass is 356 g/mol. The van der Waals surface area contributed by atoms with Crippen LogP contribution in [-0.2, 0) is 10.0 Å². The molecule has 0 aliphatic heterocycles. The van der Waals surface area contributed by atoms with E-state index in [0.29, 0.717) is 21.7 Å². The molecule has 0 fully saturated rings. The van der Waals surface area contributed by atoms with E-state index in [4.69, 9.17) is 0 Å². The van der Waals surface area contributed by atoms with Gasteiger partial charge in [-0.05, 0) is 25.0 Å². The molecule has 1 N–H and O–H groups in total. The minimum absolute atomic E-state index is 0.306. The number of nitrogens with zero attached hydrogens (tertiary/aromatic N) is 1. The molecule has 1 atom stereocenters. The van der Waals surface area contributed by atoms with Crippen LogP contribution < -0.4 is 4.72 Å². The second kappa shape index (κ2) is 6.65. The normalized spacial score (nSPS) is 13.5. The fourth-order valence-electron chi connectivity index (χ4n) is 1.96. The van der Waals surface area contributed by atoms with Crippen LogP contribution in [0.2, 0.25) is 0 Å². The quantitative estimate of drug-likeness (QED) is 0.809. The first-order chi connectivity index (χ1) is 9.54. The lowest BCUT2D eigenvalue weighted by molar-refractivity contribution is 0.578. The Balaban J connectivity index is 2.24. The standard InChI is InChI=1S/C14H17BrN2O2S/c1-2-12(15)6-9-17-20(18,19)14-5-3-4-11-10-16-8-7-13(11)14/h3-5,7-8,10,12,17H,2,6,9H2,1H3. The van der Waals surface area contributed by atoms with Crippen LogP contribution in [0.5, 0.6) is 0 Å². The number of hydrogen-bond acceptors (Lipinski definition) is 3. The first-order valence-corrected chi connectivity index (χ1v) is 8.91. The average Bonchev–Trinajstić information content (AvgIpc) is 2.46. The van der Waals surface area contributed by atoms with Crippen molar-refractivity contribution in [2.45, 2.75) is 29.5 Å². The molecule has 0 amide bonds. The van der Waals surface area contributed by atoms with Crippen molar-refractivity contribution in [3.63, 3.8) is 0 Å². The highest BCUT2D eigenvalue weighted by Gasteiger charge is 2.16. The zero-order valence-electron chi connectivity index (χ0n) is 11.2. The third-order valence-corrected chi connectivity index (χ3v) is 5.75. The number of sulfonamides is 1. The van der Waals surface area contributed by atoms with Gasteiger partial charge in [0.05, 0.1) is 4.90 Å². The predicted molar refractivity (Wildman–Crippen MR) is 84.6 cm³/mol. The van der Waals surface area contributed by atoms with E-state index < -0.39 is 10.0 Å². The van der Waals surface area contributed by atoms with Gasteiger partial charge in [0.2, 0.25) is 10.0 Å². The Kier molecular flexibility index (Phi) is 5.12. The van der Waals surface area contributed by atoms with Crippen LogP contribution >= 0.6 is 15.9 Å². The summed E-state index contributed by atoms with van der Waals surface area (Å²) in [5.74, 6) is 0. The van der Waals surface area contributed by atoms with E-state index in [-0.39, 0.29) is 0 Å². The topological polar surface area (TPSA) is 59.1 Å². The van der Waals surface area contributed by atoms with Gasteiger partial charge >= 0.3 is 0 Å². The van der Waals surface area contributed by atoms with Crippen LogP contribution in [-0.4, -0.2) is 24.8 Å². The van der Waals surface area contributed by atoms with Gasteiger partial charge in [-0.25, -0.2) is 13.1 Å². The van der Waals surface area contributed by atoms with Crippen molar-refractivity contribution in [2.24, 2.45) is 0 Å². The number of pyridine rings is 1. The summed E-state index contributed by atoms with van der Waals surface area (Å²) < 4.78 is 27.4. The van der Waals surface area contributed by atoms with Crippen molar-refractivity contribution in [2.75, 3.05) is 6.54 Å². The number of alkyl halides is 1. The highest BCUT2D eigenvalue weighted by molar-refractivity contribution is 9.09. The highest BCUT2D eigenvalue weighted by Crippen LogP contribution is 2.21. The SMILES string of the molecule is CCC(Br)CCNS(=O)(=O)c1cccc2cnccc12. The van der Waals surface area contributed by atoms with Crippen molar-refractivity contribution in [3.05, 3.63) is 36.7 Å². The maximum absolute atomic E-state index is 12.4. The van der Waals surface area contributed by atoms with E-state index in [9.17, 15) is 8.42 Å². The van der Waals surface area contributed by atoms with Crippen LogP contribution in [0, 0.1) is 0 Å². The van der Waals surface area contributed by atoms with Gasteiger partial charge in [-0.3, -0.25) is 4.98 Å². The molecule has 0 spiro atoms. The molecule has 0 saturated carbocycles. The highest BCUT2D eigenvalue weighted by atomic mass is 79.9. The number of aromatic nitrogens is 1. The number of fused-ring (bicyclic) bond motifs is 1. The number of nitrogens with one attached hydrogen (secondary N) is 1. The number of halogens is 1. The summed E-state index contributed by atoms with van der Waals surface area (Å²) >= 11 is 3.50. The Hall–Kier alpha value is -0.980. The molecule has 1 heterocycles. The minimum Gasteiger partial charge on any atom is -0.264 e. The van der Waals surface area contributed by atoms with E-state index in [1.54, 1.807) is 30.6 Å².